The van der Waals surface area contributed by atoms with Gasteiger partial charge in [0.25, 0.3) is 11.8 Å². The highest BCUT2D eigenvalue weighted by Gasteiger charge is 2.44. The number of rotatable bonds is 6. The first-order valence-corrected chi connectivity index (χ1v) is 9.16. The van der Waals surface area contributed by atoms with Gasteiger partial charge in [0.15, 0.2) is 0 Å². The molecule has 30 heavy (non-hydrogen) atoms. The lowest BCUT2D eigenvalue weighted by atomic mass is 9.99. The Labute approximate surface area is 169 Å². The number of hydrogen-bond acceptors (Lipinski definition) is 4. The lowest BCUT2D eigenvalue weighted by molar-refractivity contribution is -0.0491. The lowest BCUT2D eigenvalue weighted by Crippen LogP contribution is -2.29. The highest BCUT2D eigenvalue weighted by molar-refractivity contribution is 6.38. The van der Waals surface area contributed by atoms with Gasteiger partial charge in [0.1, 0.15) is 17.3 Å². The number of imide groups is 1. The highest BCUT2D eigenvalue weighted by atomic mass is 19.3. The molecule has 0 fully saturated rings. The average molecular weight is 414 g/mol. The Morgan fingerprint density at radius 3 is 2.27 bits per heavy atom. The first-order valence-electron chi connectivity index (χ1n) is 9.16. The number of ether oxygens (including phenoxy) is 2. The van der Waals surface area contributed by atoms with Gasteiger partial charge in [-0.1, -0.05) is 31.2 Å². The molecule has 0 aliphatic carbocycles. The number of carbonyl (C=O) groups is 2. The van der Waals surface area contributed by atoms with Crippen molar-refractivity contribution in [3.63, 3.8) is 0 Å². The van der Waals surface area contributed by atoms with Crippen LogP contribution >= 0.6 is 0 Å². The van der Waals surface area contributed by atoms with Crippen molar-refractivity contribution in [3.05, 3.63) is 65.5 Å². The summed E-state index contributed by atoms with van der Waals surface area (Å²) < 4.78 is 50.5. The quantitative estimate of drug-likeness (QED) is 0.535. The van der Waals surface area contributed by atoms with Gasteiger partial charge in [-0.3, -0.25) is 9.59 Å². The van der Waals surface area contributed by atoms with Gasteiger partial charge in [-0.05, 0) is 24.6 Å². The van der Waals surface area contributed by atoms with E-state index in [4.69, 9.17) is 4.74 Å². The molecule has 1 radical (unpaired) electrons. The minimum absolute atomic E-state index is 0.0501. The summed E-state index contributed by atoms with van der Waals surface area (Å²) in [5, 5.41) is 0.564. The minimum atomic E-state index is -3.22. The number of benzene rings is 3. The number of hydrogen-bond donors (Lipinski definition) is 0. The van der Waals surface area contributed by atoms with Crippen LogP contribution in [0.15, 0.2) is 42.5 Å². The van der Waals surface area contributed by atoms with Crippen LogP contribution in [-0.2, 0) is 0 Å². The Bertz CT molecular complexity index is 1160. The molecule has 0 aromatic heterocycles. The summed E-state index contributed by atoms with van der Waals surface area (Å²) in [4.78, 5) is 27.1. The summed E-state index contributed by atoms with van der Waals surface area (Å²) in [6.45, 7) is -1.12. The lowest BCUT2D eigenvalue weighted by Gasteiger charge is -2.16. The standard InChI is InChI=1S/C22H15F3NO4/c1-2-10-29-18-14-8-3-4-9-15(14)19(30-22(24)25)17-16(18)20(27)26(21(17)28)13-7-5-6-12(23)11-13/h3-5,7-9,11,22H,2,10H2,1H3. The zero-order valence-corrected chi connectivity index (χ0v) is 15.7. The van der Waals surface area contributed by atoms with E-state index in [1.807, 2.05) is 6.92 Å². The maximum atomic E-state index is 13.7. The van der Waals surface area contributed by atoms with Crippen molar-refractivity contribution in [2.45, 2.75) is 20.0 Å². The number of nitrogens with zero attached hydrogens (tertiary/aromatic N) is 1. The van der Waals surface area contributed by atoms with E-state index in [1.54, 1.807) is 18.2 Å². The molecule has 2 amide bonds. The van der Waals surface area contributed by atoms with Crippen LogP contribution in [0.2, 0.25) is 0 Å². The molecular formula is C22H15F3NO4. The second-order valence-electron chi connectivity index (χ2n) is 6.52. The molecule has 1 aliphatic rings. The normalized spacial score (nSPS) is 13.3. The van der Waals surface area contributed by atoms with Crippen LogP contribution in [0.5, 0.6) is 11.5 Å². The topological polar surface area (TPSA) is 55.8 Å². The summed E-state index contributed by atoms with van der Waals surface area (Å²) in [5.41, 5.74) is -0.569. The summed E-state index contributed by atoms with van der Waals surface area (Å²) in [6, 6.07) is 12.1. The predicted molar refractivity (Wildman–Crippen MR) is 103 cm³/mol. The molecule has 0 spiro atoms. The molecule has 0 atom stereocenters. The molecular weight excluding hydrogens is 399 g/mol. The monoisotopic (exact) mass is 414 g/mol. The van der Waals surface area contributed by atoms with E-state index in [9.17, 15) is 22.8 Å². The SMILES string of the molecule is CCCOc1c2c(c(OC(F)F)c3ccccc13)C(=O)N(c1cc[c]c(F)c1)C2=O. The van der Waals surface area contributed by atoms with Crippen molar-refractivity contribution in [1.82, 2.24) is 0 Å². The van der Waals surface area contributed by atoms with Gasteiger partial charge in [0.2, 0.25) is 0 Å². The number of anilines is 1. The van der Waals surface area contributed by atoms with E-state index in [2.05, 4.69) is 10.8 Å². The van der Waals surface area contributed by atoms with E-state index in [1.165, 1.54) is 18.2 Å². The molecule has 8 heteroatoms. The van der Waals surface area contributed by atoms with Crippen molar-refractivity contribution in [2.24, 2.45) is 0 Å². The van der Waals surface area contributed by atoms with Crippen LogP contribution in [0.25, 0.3) is 10.8 Å². The summed E-state index contributed by atoms with van der Waals surface area (Å²) in [7, 11) is 0. The molecule has 0 unspecified atom stereocenters. The molecule has 153 valence electrons. The number of amides is 2. The van der Waals surface area contributed by atoms with Crippen LogP contribution in [0, 0.1) is 11.9 Å². The van der Waals surface area contributed by atoms with Gasteiger partial charge in [0, 0.05) is 16.8 Å². The van der Waals surface area contributed by atoms with Crippen molar-refractivity contribution in [3.8, 4) is 11.5 Å². The van der Waals surface area contributed by atoms with Crippen LogP contribution in [-0.4, -0.2) is 25.0 Å². The van der Waals surface area contributed by atoms with Gasteiger partial charge < -0.3 is 9.47 Å². The van der Waals surface area contributed by atoms with Gasteiger partial charge in [-0.15, -0.1) is 0 Å². The molecule has 0 saturated carbocycles. The Morgan fingerprint density at radius 1 is 1.03 bits per heavy atom. The maximum absolute atomic E-state index is 13.7. The highest BCUT2D eigenvalue weighted by Crippen LogP contribution is 2.46. The van der Waals surface area contributed by atoms with Gasteiger partial charge >= 0.3 is 6.61 Å². The fourth-order valence-electron chi connectivity index (χ4n) is 3.46. The van der Waals surface area contributed by atoms with Crippen molar-refractivity contribution < 1.29 is 32.2 Å². The summed E-state index contributed by atoms with van der Waals surface area (Å²) in [6.07, 6.45) is 0.615. The first-order chi connectivity index (χ1) is 14.4. The van der Waals surface area contributed by atoms with Crippen LogP contribution in [0.4, 0.5) is 18.9 Å². The third-order valence-corrected chi connectivity index (χ3v) is 4.62. The molecule has 0 N–H and O–H groups in total. The minimum Gasteiger partial charge on any atom is -0.492 e. The third kappa shape index (κ3) is 3.14. The fraction of sp³-hybridized carbons (Fsp3) is 0.182. The zero-order chi connectivity index (χ0) is 21.4. The zero-order valence-electron chi connectivity index (χ0n) is 15.7. The number of alkyl halides is 2. The molecule has 1 heterocycles. The van der Waals surface area contributed by atoms with E-state index >= 15 is 0 Å². The summed E-state index contributed by atoms with van der Waals surface area (Å²) in [5.74, 6) is -2.79. The largest absolute Gasteiger partial charge is 0.492 e. The van der Waals surface area contributed by atoms with Gasteiger partial charge in [-0.2, -0.15) is 8.78 Å². The van der Waals surface area contributed by atoms with Gasteiger partial charge in [0.05, 0.1) is 23.4 Å². The Morgan fingerprint density at radius 2 is 1.67 bits per heavy atom. The Kier molecular flexibility index (Phi) is 5.07. The smallest absolute Gasteiger partial charge is 0.387 e. The second-order valence-corrected chi connectivity index (χ2v) is 6.52. The molecule has 3 aromatic carbocycles. The van der Waals surface area contributed by atoms with Crippen molar-refractivity contribution >= 4 is 28.3 Å². The molecule has 0 saturated heterocycles. The van der Waals surface area contributed by atoms with E-state index in [0.29, 0.717) is 11.8 Å². The molecule has 4 rings (SSSR count). The fourth-order valence-corrected chi connectivity index (χ4v) is 3.46. The van der Waals surface area contributed by atoms with E-state index in [0.717, 1.165) is 11.0 Å². The second kappa shape index (κ2) is 7.70. The maximum Gasteiger partial charge on any atom is 0.387 e. The molecule has 1 aliphatic heterocycles. The van der Waals surface area contributed by atoms with Crippen LogP contribution < -0.4 is 14.4 Å². The first kappa shape index (κ1) is 19.8. The van der Waals surface area contributed by atoms with Crippen molar-refractivity contribution in [2.75, 3.05) is 11.5 Å². The number of carbonyl (C=O) groups excluding carboxylic acids is 2. The third-order valence-electron chi connectivity index (χ3n) is 4.62. The molecule has 0 bridgehead atoms. The average Bonchev–Trinajstić information content (AvgIpc) is 2.98. The van der Waals surface area contributed by atoms with E-state index in [-0.39, 0.29) is 34.6 Å². The predicted octanol–water partition coefficient (Wildman–Crippen LogP) is 4.97. The number of halogens is 3. The molecule has 5 nitrogen and oxygen atoms in total. The number of fused-ring (bicyclic) bond motifs is 2. The Hall–Kier alpha value is -3.55. The van der Waals surface area contributed by atoms with Gasteiger partial charge in [-0.25, -0.2) is 9.29 Å². The Balaban J connectivity index is 2.02. The summed E-state index contributed by atoms with van der Waals surface area (Å²) >= 11 is 0. The van der Waals surface area contributed by atoms with E-state index < -0.39 is 30.0 Å². The van der Waals surface area contributed by atoms with Crippen LogP contribution in [0.3, 0.4) is 0 Å². The molecule has 3 aromatic rings. The van der Waals surface area contributed by atoms with Crippen LogP contribution in [0.1, 0.15) is 34.1 Å². The van der Waals surface area contributed by atoms with Crippen molar-refractivity contribution in [1.29, 1.82) is 0 Å².